The fraction of sp³-hybridized carbons (Fsp3) is 0.538. The molecule has 3 atom stereocenters. The molecule has 0 bridgehead atoms. The number of hydrogen-bond acceptors (Lipinski definition) is 5. The topological polar surface area (TPSA) is 51.2 Å². The van der Waals surface area contributed by atoms with Gasteiger partial charge in [0, 0.05) is 43.1 Å². The van der Waals surface area contributed by atoms with Gasteiger partial charge in [-0.3, -0.25) is 4.90 Å². The first-order valence-electron chi connectivity index (χ1n) is 11.7. The van der Waals surface area contributed by atoms with E-state index in [1.165, 1.54) is 11.1 Å². The van der Waals surface area contributed by atoms with Crippen LogP contribution in [0.5, 0.6) is 0 Å². The summed E-state index contributed by atoms with van der Waals surface area (Å²) >= 11 is 6.67. The summed E-state index contributed by atoms with van der Waals surface area (Å²) in [6, 6.07) is 12.9. The summed E-state index contributed by atoms with van der Waals surface area (Å²) < 4.78 is 18.3. The van der Waals surface area contributed by atoms with E-state index in [4.69, 9.17) is 25.8 Å². The molecule has 5 rings (SSSR count). The number of rotatable bonds is 5. The highest BCUT2D eigenvalue weighted by molar-refractivity contribution is 6.31. The summed E-state index contributed by atoms with van der Waals surface area (Å²) in [6.07, 6.45) is 2.33. The molecule has 3 aliphatic rings. The second-order valence-corrected chi connectivity index (χ2v) is 9.64. The first-order valence-corrected chi connectivity index (χ1v) is 12.1. The number of nitrogens with zero attached hydrogens (tertiary/aromatic N) is 1. The van der Waals surface area contributed by atoms with Crippen LogP contribution in [0, 0.1) is 0 Å². The smallest absolute Gasteiger partial charge is 0.198 e. The lowest BCUT2D eigenvalue weighted by Gasteiger charge is -2.42. The molecule has 0 saturated carbocycles. The number of aryl methyl sites for hydroxylation is 1. The fourth-order valence-corrected chi connectivity index (χ4v) is 5.42. The Labute approximate surface area is 195 Å². The van der Waals surface area contributed by atoms with Crippen molar-refractivity contribution in [1.82, 2.24) is 4.90 Å². The van der Waals surface area contributed by atoms with E-state index in [0.29, 0.717) is 19.4 Å². The predicted octanol–water partition coefficient (Wildman–Crippen LogP) is 4.05. The second kappa shape index (κ2) is 9.41. The van der Waals surface area contributed by atoms with Crippen molar-refractivity contribution in [3.05, 3.63) is 69.2 Å². The van der Waals surface area contributed by atoms with Gasteiger partial charge in [-0.05, 0) is 47.2 Å². The molecule has 3 aliphatic heterocycles. The van der Waals surface area contributed by atoms with E-state index in [-0.39, 0.29) is 6.10 Å². The van der Waals surface area contributed by atoms with E-state index in [1.807, 2.05) is 6.07 Å². The zero-order chi connectivity index (χ0) is 22.1. The Morgan fingerprint density at radius 1 is 1.12 bits per heavy atom. The molecular weight excluding hydrogens is 426 g/mol. The van der Waals surface area contributed by atoms with Crippen LogP contribution in [0.15, 0.2) is 36.4 Å². The lowest BCUT2D eigenvalue weighted by Crippen LogP contribution is -2.49. The van der Waals surface area contributed by atoms with Crippen LogP contribution in [0.2, 0.25) is 5.02 Å². The lowest BCUT2D eigenvalue weighted by atomic mass is 9.89. The number of fused-ring (bicyclic) bond motifs is 2. The highest BCUT2D eigenvalue weighted by Crippen LogP contribution is 2.47. The molecule has 0 aliphatic carbocycles. The number of hydrogen-bond donors (Lipinski definition) is 1. The minimum Gasteiger partial charge on any atom is -0.393 e. The van der Waals surface area contributed by atoms with Crippen molar-refractivity contribution < 1.29 is 19.3 Å². The molecule has 5 nitrogen and oxygen atoms in total. The third kappa shape index (κ3) is 4.60. The maximum absolute atomic E-state index is 10.7. The van der Waals surface area contributed by atoms with Gasteiger partial charge < -0.3 is 19.3 Å². The molecule has 0 aromatic heterocycles. The molecule has 0 amide bonds. The van der Waals surface area contributed by atoms with Gasteiger partial charge in [0.2, 0.25) is 0 Å². The van der Waals surface area contributed by atoms with Gasteiger partial charge in [-0.2, -0.15) is 0 Å². The minimum atomic E-state index is -0.893. The lowest BCUT2D eigenvalue weighted by molar-refractivity contribution is -0.300. The Balaban J connectivity index is 1.39. The molecule has 0 unspecified atom stereocenters. The van der Waals surface area contributed by atoms with Gasteiger partial charge >= 0.3 is 0 Å². The van der Waals surface area contributed by atoms with Crippen LogP contribution in [0.1, 0.15) is 47.6 Å². The standard InChI is InChI=1S/C26H32ClNO4/c1-2-18-3-5-19(6-4-18)11-20-12-24-21(13-25(20)27)17-31-26(24)15-22(29)14-23(32-26)16-28-7-9-30-10-8-28/h3-6,12-13,22-23,29H,2,7-11,14-17H2,1H3/t22-,23-,26+/m0/s1. The summed E-state index contributed by atoms with van der Waals surface area (Å²) in [5, 5.41) is 11.5. The molecular formula is C26H32ClNO4. The number of halogens is 1. The van der Waals surface area contributed by atoms with E-state index in [9.17, 15) is 5.11 Å². The van der Waals surface area contributed by atoms with E-state index < -0.39 is 11.9 Å². The molecule has 2 saturated heterocycles. The molecule has 0 radical (unpaired) electrons. The normalized spacial score (nSPS) is 28.2. The molecule has 3 heterocycles. The van der Waals surface area contributed by atoms with Gasteiger partial charge in [0.05, 0.1) is 32.0 Å². The van der Waals surface area contributed by atoms with E-state index >= 15 is 0 Å². The Morgan fingerprint density at radius 2 is 1.88 bits per heavy atom. The first kappa shape index (κ1) is 22.3. The van der Waals surface area contributed by atoms with Crippen LogP contribution in [0.25, 0.3) is 0 Å². The van der Waals surface area contributed by atoms with Crippen LogP contribution in [0.3, 0.4) is 0 Å². The van der Waals surface area contributed by atoms with Crippen molar-refractivity contribution in [3.8, 4) is 0 Å². The largest absolute Gasteiger partial charge is 0.393 e. The van der Waals surface area contributed by atoms with Gasteiger partial charge in [0.15, 0.2) is 5.79 Å². The number of benzene rings is 2. The SMILES string of the molecule is CCc1ccc(Cc2cc3c(cc2Cl)CO[C@@]32C[C@@H](O)C[C@@H](CN3CCOCC3)O2)cc1. The van der Waals surface area contributed by atoms with Gasteiger partial charge in [0.25, 0.3) is 0 Å². The molecule has 172 valence electrons. The second-order valence-electron chi connectivity index (χ2n) is 9.24. The number of ether oxygens (including phenoxy) is 3. The Morgan fingerprint density at radius 3 is 2.62 bits per heavy atom. The maximum atomic E-state index is 10.7. The molecule has 32 heavy (non-hydrogen) atoms. The van der Waals surface area contributed by atoms with Crippen LogP contribution >= 0.6 is 11.6 Å². The Bertz CT molecular complexity index is 944. The zero-order valence-corrected chi connectivity index (χ0v) is 19.4. The summed E-state index contributed by atoms with van der Waals surface area (Å²) in [5.74, 6) is -0.893. The van der Waals surface area contributed by atoms with Crippen molar-refractivity contribution in [1.29, 1.82) is 0 Å². The van der Waals surface area contributed by atoms with Crippen LogP contribution in [-0.4, -0.2) is 55.1 Å². The first-order chi connectivity index (χ1) is 15.5. The van der Waals surface area contributed by atoms with E-state index in [0.717, 1.165) is 67.4 Å². The average Bonchev–Trinajstić information content (AvgIpc) is 3.10. The summed E-state index contributed by atoms with van der Waals surface area (Å²) in [7, 11) is 0. The third-order valence-corrected chi connectivity index (χ3v) is 7.28. The fourth-order valence-electron chi connectivity index (χ4n) is 5.17. The number of aliphatic hydroxyl groups is 1. The molecule has 2 aromatic rings. The maximum Gasteiger partial charge on any atom is 0.198 e. The summed E-state index contributed by atoms with van der Waals surface area (Å²) in [6.45, 7) is 6.70. The van der Waals surface area contributed by atoms with Crippen molar-refractivity contribution in [3.63, 3.8) is 0 Å². The summed E-state index contributed by atoms with van der Waals surface area (Å²) in [5.41, 5.74) is 5.70. The van der Waals surface area contributed by atoms with Crippen molar-refractivity contribution in [2.45, 2.75) is 57.2 Å². The molecule has 1 spiro atoms. The number of morpholine rings is 1. The monoisotopic (exact) mass is 457 g/mol. The van der Waals surface area contributed by atoms with Gasteiger partial charge in [0.1, 0.15) is 0 Å². The van der Waals surface area contributed by atoms with Gasteiger partial charge in [-0.25, -0.2) is 0 Å². The molecule has 6 heteroatoms. The van der Waals surface area contributed by atoms with E-state index in [1.54, 1.807) is 0 Å². The Hall–Kier alpha value is -1.47. The molecule has 1 N–H and O–H groups in total. The molecule has 2 fully saturated rings. The highest BCUT2D eigenvalue weighted by Gasteiger charge is 2.48. The van der Waals surface area contributed by atoms with Crippen LogP contribution < -0.4 is 0 Å². The van der Waals surface area contributed by atoms with E-state index in [2.05, 4.69) is 42.2 Å². The number of aliphatic hydroxyl groups excluding tert-OH is 1. The quantitative estimate of drug-likeness (QED) is 0.734. The summed E-state index contributed by atoms with van der Waals surface area (Å²) in [4.78, 5) is 2.35. The Kier molecular flexibility index (Phi) is 6.57. The van der Waals surface area contributed by atoms with Crippen LogP contribution in [-0.2, 0) is 39.4 Å². The minimum absolute atomic E-state index is 0.0801. The van der Waals surface area contributed by atoms with Crippen molar-refractivity contribution in [2.24, 2.45) is 0 Å². The highest BCUT2D eigenvalue weighted by atomic mass is 35.5. The van der Waals surface area contributed by atoms with Crippen molar-refractivity contribution >= 4 is 11.6 Å². The van der Waals surface area contributed by atoms with Crippen LogP contribution in [0.4, 0.5) is 0 Å². The zero-order valence-electron chi connectivity index (χ0n) is 18.7. The van der Waals surface area contributed by atoms with Gasteiger partial charge in [-0.1, -0.05) is 42.8 Å². The average molecular weight is 458 g/mol. The third-order valence-electron chi connectivity index (χ3n) is 6.93. The van der Waals surface area contributed by atoms with Crippen molar-refractivity contribution in [2.75, 3.05) is 32.8 Å². The molecule has 2 aromatic carbocycles. The van der Waals surface area contributed by atoms with Gasteiger partial charge in [-0.15, -0.1) is 0 Å². The predicted molar refractivity (Wildman–Crippen MR) is 124 cm³/mol.